The summed E-state index contributed by atoms with van der Waals surface area (Å²) in [6.07, 6.45) is 1.24. The van der Waals surface area contributed by atoms with Crippen molar-refractivity contribution in [3.05, 3.63) is 62.8 Å². The quantitative estimate of drug-likeness (QED) is 0.222. The summed E-state index contributed by atoms with van der Waals surface area (Å²) in [6, 6.07) is 8.91. The lowest BCUT2D eigenvalue weighted by Gasteiger charge is -2.35. The van der Waals surface area contributed by atoms with E-state index in [-0.39, 0.29) is 50.1 Å². The second-order valence-electron chi connectivity index (χ2n) is 12.2. The zero-order chi connectivity index (χ0) is 30.9. The normalized spacial score (nSPS) is 16.3. The van der Waals surface area contributed by atoms with Crippen LogP contribution in [0.2, 0.25) is 0 Å². The average Bonchev–Trinajstić information content (AvgIpc) is 3.64. The number of nitrogens with one attached hydrogen (secondary N) is 1. The molecule has 2 aromatic rings. The predicted octanol–water partition coefficient (Wildman–Crippen LogP) is 3.05. The molecule has 4 rings (SSSR count). The Balaban J connectivity index is 1.44. The molecular formula is C28H36N8O5S. The van der Waals surface area contributed by atoms with Gasteiger partial charge < -0.3 is 15.0 Å². The van der Waals surface area contributed by atoms with Gasteiger partial charge in [-0.2, -0.15) is 10.4 Å². The minimum atomic E-state index is -3.74. The van der Waals surface area contributed by atoms with Crippen LogP contribution in [0.25, 0.3) is 10.4 Å². The van der Waals surface area contributed by atoms with E-state index in [0.717, 1.165) is 5.56 Å². The molecule has 1 aromatic heterocycles. The third-order valence-electron chi connectivity index (χ3n) is 7.82. The van der Waals surface area contributed by atoms with Crippen LogP contribution in [0.4, 0.5) is 0 Å². The molecule has 0 bridgehead atoms. The van der Waals surface area contributed by atoms with Gasteiger partial charge in [0.2, 0.25) is 0 Å². The summed E-state index contributed by atoms with van der Waals surface area (Å²) < 4.78 is 32.5. The van der Waals surface area contributed by atoms with Gasteiger partial charge in [0.05, 0.1) is 39.9 Å². The number of hydrogen-bond donors (Lipinski definition) is 1. The summed E-state index contributed by atoms with van der Waals surface area (Å²) >= 11 is 0. The summed E-state index contributed by atoms with van der Waals surface area (Å²) in [4.78, 5) is 30.9. The maximum atomic E-state index is 13.8. The van der Waals surface area contributed by atoms with Crippen LogP contribution in [-0.4, -0.2) is 76.2 Å². The fraction of sp³-hybridized carbons (Fsp3) is 0.571. The molecule has 0 spiro atoms. The fourth-order valence-electron chi connectivity index (χ4n) is 5.23. The Hall–Kier alpha value is -3.92. The van der Waals surface area contributed by atoms with Crippen molar-refractivity contribution in [2.24, 2.45) is 12.2 Å². The lowest BCUT2D eigenvalue weighted by Crippen LogP contribution is -2.52. The number of aryl methyl sites for hydroxylation is 1. The molecule has 1 aliphatic carbocycles. The van der Waals surface area contributed by atoms with Crippen LogP contribution >= 0.6 is 0 Å². The monoisotopic (exact) mass is 596 g/mol. The van der Waals surface area contributed by atoms with Crippen LogP contribution in [0.5, 0.6) is 0 Å². The molecule has 224 valence electrons. The van der Waals surface area contributed by atoms with Crippen LogP contribution in [0.3, 0.4) is 0 Å². The molecule has 1 N–H and O–H groups in total. The molecule has 1 fully saturated rings. The molecule has 1 aromatic carbocycles. The highest BCUT2D eigenvalue weighted by Crippen LogP contribution is 2.49. The molecule has 14 heteroatoms. The number of aromatic nitrogens is 2. The highest BCUT2D eigenvalue weighted by atomic mass is 32.2. The highest BCUT2D eigenvalue weighted by molar-refractivity contribution is 7.94. The van der Waals surface area contributed by atoms with Crippen LogP contribution < -0.4 is 5.32 Å². The molecule has 0 saturated heterocycles. The predicted molar refractivity (Wildman–Crippen MR) is 154 cm³/mol. The number of carbonyl (C=O) groups is 2. The lowest BCUT2D eigenvalue weighted by molar-refractivity contribution is 0.0720. The van der Waals surface area contributed by atoms with Gasteiger partial charge in [0.15, 0.2) is 15.5 Å². The van der Waals surface area contributed by atoms with Crippen molar-refractivity contribution in [3.8, 4) is 6.07 Å². The van der Waals surface area contributed by atoms with Gasteiger partial charge in [-0.25, -0.2) is 8.42 Å². The standard InChI is InChI=1S/C28H36N8O5S/c1-26(2,33-34-30)17-41-18-27(3,4)42(39,40)28(11-12-28)16-36-13-10-21-22(32-35(5)23(21)25(36)38)24(37)31-15-20-8-6-19(14-29)7-9-20/h6-9H,10-13,15-18H2,1-5H3,(H,31,37). The van der Waals surface area contributed by atoms with E-state index in [4.69, 9.17) is 15.5 Å². The van der Waals surface area contributed by atoms with Gasteiger partial charge in [-0.05, 0) is 56.3 Å². The van der Waals surface area contributed by atoms with Gasteiger partial charge in [0.25, 0.3) is 11.8 Å². The van der Waals surface area contributed by atoms with Crippen LogP contribution in [0, 0.1) is 11.3 Å². The smallest absolute Gasteiger partial charge is 0.272 e. The van der Waals surface area contributed by atoms with E-state index in [1.807, 2.05) is 0 Å². The van der Waals surface area contributed by atoms with Crippen molar-refractivity contribution in [2.45, 2.75) is 68.5 Å². The number of amides is 2. The molecule has 2 amide bonds. The van der Waals surface area contributed by atoms with Crippen LogP contribution in [-0.2, 0) is 34.6 Å². The molecule has 0 unspecified atom stereocenters. The van der Waals surface area contributed by atoms with E-state index < -0.39 is 30.8 Å². The first-order chi connectivity index (χ1) is 19.7. The molecule has 42 heavy (non-hydrogen) atoms. The summed E-state index contributed by atoms with van der Waals surface area (Å²) in [6.45, 7) is 7.17. The number of ether oxygens (including phenoxy) is 1. The van der Waals surface area contributed by atoms with Crippen molar-refractivity contribution in [1.82, 2.24) is 20.0 Å². The Bertz CT molecular complexity index is 1580. The average molecular weight is 597 g/mol. The summed E-state index contributed by atoms with van der Waals surface area (Å²) in [7, 11) is -2.14. The number of sulfone groups is 1. The number of carbonyl (C=O) groups excluding carboxylic acids is 2. The highest BCUT2D eigenvalue weighted by Gasteiger charge is 2.61. The fourth-order valence-corrected chi connectivity index (χ4v) is 7.60. The molecule has 1 saturated carbocycles. The van der Waals surface area contributed by atoms with Gasteiger partial charge in [0, 0.05) is 37.2 Å². The Morgan fingerprint density at radius 1 is 1.24 bits per heavy atom. The summed E-state index contributed by atoms with van der Waals surface area (Å²) in [5, 5.41) is 19.8. The third kappa shape index (κ3) is 5.99. The maximum Gasteiger partial charge on any atom is 0.272 e. The zero-order valence-corrected chi connectivity index (χ0v) is 25.4. The molecule has 1 aliphatic heterocycles. The van der Waals surface area contributed by atoms with Crippen molar-refractivity contribution < 1.29 is 22.7 Å². The first kappa shape index (κ1) is 31.0. The number of fused-ring (bicyclic) bond motifs is 1. The van der Waals surface area contributed by atoms with Crippen molar-refractivity contribution in [2.75, 3.05) is 26.3 Å². The number of rotatable bonds is 12. The second-order valence-corrected chi connectivity index (χ2v) is 15.2. The number of benzene rings is 1. The molecule has 13 nitrogen and oxygen atoms in total. The van der Waals surface area contributed by atoms with Crippen molar-refractivity contribution in [3.63, 3.8) is 0 Å². The molecular weight excluding hydrogens is 560 g/mol. The number of nitrogens with zero attached hydrogens (tertiary/aromatic N) is 7. The lowest BCUT2D eigenvalue weighted by atomic mass is 10.0. The van der Waals surface area contributed by atoms with Gasteiger partial charge in [-0.3, -0.25) is 14.3 Å². The van der Waals surface area contributed by atoms with E-state index >= 15 is 0 Å². The second kappa shape index (κ2) is 11.4. The van der Waals surface area contributed by atoms with Crippen LogP contribution in [0.15, 0.2) is 29.4 Å². The van der Waals surface area contributed by atoms with Gasteiger partial charge in [0.1, 0.15) is 5.69 Å². The largest absolute Gasteiger partial charge is 0.379 e. The molecule has 2 aliphatic rings. The van der Waals surface area contributed by atoms with E-state index in [9.17, 15) is 18.0 Å². The first-order valence-corrected chi connectivity index (χ1v) is 15.2. The first-order valence-electron chi connectivity index (χ1n) is 13.7. The van der Waals surface area contributed by atoms with Gasteiger partial charge in [-0.1, -0.05) is 31.1 Å². The topological polar surface area (TPSA) is 183 Å². The molecule has 0 atom stereocenters. The minimum absolute atomic E-state index is 0.0483. The van der Waals surface area contributed by atoms with E-state index in [2.05, 4.69) is 26.5 Å². The SMILES string of the molecule is Cn1nc(C(=O)NCc2ccc(C#N)cc2)c2c1C(=O)N(CC1(S(=O)(=O)C(C)(C)COCC(C)(C)N=[N+]=[N-])CC1)CC2. The Kier molecular flexibility index (Phi) is 8.42. The summed E-state index contributed by atoms with van der Waals surface area (Å²) in [5.74, 6) is -0.770. The number of azide groups is 1. The Labute approximate surface area is 245 Å². The Morgan fingerprint density at radius 2 is 1.90 bits per heavy atom. The zero-order valence-electron chi connectivity index (χ0n) is 24.5. The molecule has 0 radical (unpaired) electrons. The number of hydrogen-bond acceptors (Lipinski definition) is 8. The van der Waals surface area contributed by atoms with E-state index in [1.54, 1.807) is 63.9 Å². The molecule has 2 heterocycles. The van der Waals surface area contributed by atoms with Crippen molar-refractivity contribution in [1.29, 1.82) is 5.26 Å². The maximum absolute atomic E-state index is 13.8. The minimum Gasteiger partial charge on any atom is -0.379 e. The van der Waals surface area contributed by atoms with Crippen LogP contribution in [0.1, 0.15) is 78.2 Å². The van der Waals surface area contributed by atoms with Gasteiger partial charge >= 0.3 is 0 Å². The van der Waals surface area contributed by atoms with E-state index in [0.29, 0.717) is 30.4 Å². The Morgan fingerprint density at radius 3 is 2.50 bits per heavy atom. The van der Waals surface area contributed by atoms with E-state index in [1.165, 1.54) is 4.68 Å². The van der Waals surface area contributed by atoms with Gasteiger partial charge in [-0.15, -0.1) is 0 Å². The summed E-state index contributed by atoms with van der Waals surface area (Å²) in [5.41, 5.74) is 10.2. The van der Waals surface area contributed by atoms with Crippen molar-refractivity contribution >= 4 is 21.7 Å². The number of nitriles is 1. The third-order valence-corrected chi connectivity index (χ3v) is 11.1.